The summed E-state index contributed by atoms with van der Waals surface area (Å²) in [5.41, 5.74) is 7.54. The lowest BCUT2D eigenvalue weighted by molar-refractivity contribution is 0.0398. The Labute approximate surface area is 84.1 Å². The second-order valence-corrected chi connectivity index (χ2v) is 4.38. The highest BCUT2D eigenvalue weighted by atomic mass is 19.1. The molecule has 1 saturated carbocycles. The topological polar surface area (TPSA) is 26.0 Å². The summed E-state index contributed by atoms with van der Waals surface area (Å²) in [6.45, 7) is 4.00. The van der Waals surface area contributed by atoms with E-state index < -0.39 is 5.67 Å². The van der Waals surface area contributed by atoms with Gasteiger partial charge in [-0.1, -0.05) is 18.2 Å². The van der Waals surface area contributed by atoms with Crippen LogP contribution in [0.2, 0.25) is 0 Å². The number of halogens is 1. The monoisotopic (exact) mass is 193 g/mol. The molecule has 0 spiro atoms. The van der Waals surface area contributed by atoms with E-state index in [0.29, 0.717) is 12.8 Å². The third kappa shape index (κ3) is 1.34. The molecule has 0 unspecified atom stereocenters. The fourth-order valence-corrected chi connectivity index (χ4v) is 2.23. The van der Waals surface area contributed by atoms with Crippen molar-refractivity contribution < 1.29 is 4.39 Å². The Kier molecular flexibility index (Phi) is 2.11. The maximum absolute atomic E-state index is 14.2. The van der Waals surface area contributed by atoms with Crippen LogP contribution in [0.5, 0.6) is 0 Å². The van der Waals surface area contributed by atoms with Crippen LogP contribution in [0, 0.1) is 13.8 Å². The van der Waals surface area contributed by atoms with Gasteiger partial charge < -0.3 is 5.73 Å². The maximum atomic E-state index is 14.2. The first-order valence-corrected chi connectivity index (χ1v) is 5.04. The van der Waals surface area contributed by atoms with E-state index >= 15 is 0 Å². The van der Waals surface area contributed by atoms with Gasteiger partial charge in [0, 0.05) is 18.9 Å². The largest absolute Gasteiger partial charge is 0.327 e. The van der Waals surface area contributed by atoms with Crippen LogP contribution in [0.3, 0.4) is 0 Å². The number of rotatable bonds is 1. The number of hydrogen-bond donors (Lipinski definition) is 1. The summed E-state index contributed by atoms with van der Waals surface area (Å²) < 4.78 is 14.2. The van der Waals surface area contributed by atoms with E-state index in [0.717, 1.165) is 16.7 Å². The zero-order chi connectivity index (χ0) is 10.3. The SMILES string of the molecule is Cc1cccc(C2(F)CC(N)C2)c1C. The van der Waals surface area contributed by atoms with Crippen LogP contribution in [-0.4, -0.2) is 6.04 Å². The van der Waals surface area contributed by atoms with Gasteiger partial charge in [0.15, 0.2) is 0 Å². The van der Waals surface area contributed by atoms with Gasteiger partial charge in [0.25, 0.3) is 0 Å². The molecule has 0 atom stereocenters. The van der Waals surface area contributed by atoms with E-state index in [1.165, 1.54) is 0 Å². The van der Waals surface area contributed by atoms with E-state index in [4.69, 9.17) is 5.73 Å². The molecular formula is C12H16FN. The molecule has 14 heavy (non-hydrogen) atoms. The fourth-order valence-electron chi connectivity index (χ4n) is 2.23. The molecule has 2 N–H and O–H groups in total. The van der Waals surface area contributed by atoms with Crippen molar-refractivity contribution in [2.24, 2.45) is 5.73 Å². The van der Waals surface area contributed by atoms with Crippen LogP contribution >= 0.6 is 0 Å². The Bertz CT molecular complexity index is 353. The number of benzene rings is 1. The molecule has 2 rings (SSSR count). The zero-order valence-corrected chi connectivity index (χ0v) is 8.68. The standard InChI is InChI=1S/C12H16FN/c1-8-4-3-5-11(9(8)2)12(13)6-10(14)7-12/h3-5,10H,6-7,14H2,1-2H3. The summed E-state index contributed by atoms with van der Waals surface area (Å²) in [6, 6.07) is 5.86. The third-order valence-corrected chi connectivity index (χ3v) is 3.26. The summed E-state index contributed by atoms with van der Waals surface area (Å²) in [5, 5.41) is 0. The normalized spacial score (nSPS) is 31.3. The smallest absolute Gasteiger partial charge is 0.139 e. The predicted octanol–water partition coefficient (Wildman–Crippen LogP) is 2.59. The van der Waals surface area contributed by atoms with Crippen LogP contribution in [0.15, 0.2) is 18.2 Å². The second kappa shape index (κ2) is 3.06. The number of hydrogen-bond acceptors (Lipinski definition) is 1. The molecular weight excluding hydrogens is 177 g/mol. The molecule has 1 fully saturated rings. The highest BCUT2D eigenvalue weighted by Gasteiger charge is 2.45. The molecule has 0 aliphatic heterocycles. The lowest BCUT2D eigenvalue weighted by Gasteiger charge is -2.40. The minimum atomic E-state index is -1.16. The molecule has 0 aromatic heterocycles. The van der Waals surface area contributed by atoms with Gasteiger partial charge in [-0.3, -0.25) is 0 Å². The Balaban J connectivity index is 2.37. The van der Waals surface area contributed by atoms with Gasteiger partial charge in [-0.25, -0.2) is 4.39 Å². The van der Waals surface area contributed by atoms with E-state index in [1.807, 2.05) is 32.0 Å². The Morgan fingerprint density at radius 2 is 2.00 bits per heavy atom. The van der Waals surface area contributed by atoms with Crippen molar-refractivity contribution in [2.75, 3.05) is 0 Å². The highest BCUT2D eigenvalue weighted by Crippen LogP contribution is 2.45. The highest BCUT2D eigenvalue weighted by molar-refractivity contribution is 5.39. The number of alkyl halides is 1. The Morgan fingerprint density at radius 1 is 1.36 bits per heavy atom. The minimum Gasteiger partial charge on any atom is -0.327 e. The van der Waals surface area contributed by atoms with E-state index in [1.54, 1.807) is 0 Å². The van der Waals surface area contributed by atoms with Crippen LogP contribution in [0.25, 0.3) is 0 Å². The minimum absolute atomic E-state index is 0.0416. The summed E-state index contributed by atoms with van der Waals surface area (Å²) in [4.78, 5) is 0. The Hall–Kier alpha value is -0.890. The fraction of sp³-hybridized carbons (Fsp3) is 0.500. The lowest BCUT2D eigenvalue weighted by Crippen LogP contribution is -2.46. The summed E-state index contributed by atoms with van der Waals surface area (Å²) in [6.07, 6.45) is 0.939. The van der Waals surface area contributed by atoms with Crippen molar-refractivity contribution in [1.82, 2.24) is 0 Å². The Morgan fingerprint density at radius 3 is 2.57 bits per heavy atom. The van der Waals surface area contributed by atoms with Gasteiger partial charge in [-0.15, -0.1) is 0 Å². The lowest BCUT2D eigenvalue weighted by atomic mass is 9.71. The van der Waals surface area contributed by atoms with Gasteiger partial charge in [0.05, 0.1) is 0 Å². The molecule has 2 heteroatoms. The van der Waals surface area contributed by atoms with Gasteiger partial charge >= 0.3 is 0 Å². The molecule has 0 radical (unpaired) electrons. The van der Waals surface area contributed by atoms with Crippen LogP contribution in [0.1, 0.15) is 29.5 Å². The molecule has 1 nitrogen and oxygen atoms in total. The first-order chi connectivity index (χ1) is 6.53. The molecule has 1 aromatic rings. The summed E-state index contributed by atoms with van der Waals surface area (Å²) >= 11 is 0. The molecule has 0 heterocycles. The molecule has 1 aliphatic rings. The number of aryl methyl sites for hydroxylation is 1. The van der Waals surface area contributed by atoms with Crippen molar-refractivity contribution in [3.63, 3.8) is 0 Å². The first-order valence-electron chi connectivity index (χ1n) is 5.04. The van der Waals surface area contributed by atoms with E-state index in [-0.39, 0.29) is 6.04 Å². The summed E-state index contributed by atoms with van der Waals surface area (Å²) in [7, 11) is 0. The molecule has 0 saturated heterocycles. The molecule has 76 valence electrons. The van der Waals surface area contributed by atoms with Crippen LogP contribution in [-0.2, 0) is 5.67 Å². The van der Waals surface area contributed by atoms with Gasteiger partial charge in [-0.05, 0) is 30.5 Å². The quantitative estimate of drug-likeness (QED) is 0.729. The van der Waals surface area contributed by atoms with Crippen molar-refractivity contribution >= 4 is 0 Å². The van der Waals surface area contributed by atoms with Crippen molar-refractivity contribution in [3.8, 4) is 0 Å². The number of nitrogens with two attached hydrogens (primary N) is 1. The van der Waals surface area contributed by atoms with Crippen LogP contribution < -0.4 is 5.73 Å². The van der Waals surface area contributed by atoms with Crippen molar-refractivity contribution in [1.29, 1.82) is 0 Å². The van der Waals surface area contributed by atoms with Gasteiger partial charge in [-0.2, -0.15) is 0 Å². The van der Waals surface area contributed by atoms with Gasteiger partial charge in [0.2, 0.25) is 0 Å². The predicted molar refractivity (Wildman–Crippen MR) is 55.9 cm³/mol. The summed E-state index contributed by atoms with van der Waals surface area (Å²) in [5.74, 6) is 0. The first kappa shape index (κ1) is 9.66. The molecule has 0 bridgehead atoms. The maximum Gasteiger partial charge on any atom is 0.139 e. The van der Waals surface area contributed by atoms with Crippen LogP contribution in [0.4, 0.5) is 4.39 Å². The van der Waals surface area contributed by atoms with Crippen molar-refractivity contribution in [2.45, 2.75) is 38.4 Å². The van der Waals surface area contributed by atoms with Crippen molar-refractivity contribution in [3.05, 3.63) is 34.9 Å². The average Bonchev–Trinajstić information content (AvgIpc) is 2.07. The van der Waals surface area contributed by atoms with Gasteiger partial charge in [0.1, 0.15) is 5.67 Å². The molecule has 0 amide bonds. The molecule has 1 aromatic carbocycles. The molecule has 1 aliphatic carbocycles. The second-order valence-electron chi connectivity index (χ2n) is 4.38. The van der Waals surface area contributed by atoms with E-state index in [2.05, 4.69) is 0 Å². The average molecular weight is 193 g/mol. The zero-order valence-electron chi connectivity index (χ0n) is 8.68. The third-order valence-electron chi connectivity index (χ3n) is 3.26. The van der Waals surface area contributed by atoms with E-state index in [9.17, 15) is 4.39 Å².